The lowest BCUT2D eigenvalue weighted by Gasteiger charge is -2.39. The van der Waals surface area contributed by atoms with Gasteiger partial charge in [0.05, 0.1) is 5.50 Å². The molecule has 2 aliphatic rings. The van der Waals surface area contributed by atoms with Crippen molar-refractivity contribution >= 4 is 11.6 Å². The van der Waals surface area contributed by atoms with Gasteiger partial charge in [-0.1, -0.05) is 5.57 Å². The van der Waals surface area contributed by atoms with E-state index in [2.05, 4.69) is 41.2 Å². The molecule has 0 saturated carbocycles. The highest BCUT2D eigenvalue weighted by atomic mass is 35.5. The summed E-state index contributed by atoms with van der Waals surface area (Å²) in [7, 11) is 0. The Labute approximate surface area is 128 Å². The Kier molecular flexibility index (Phi) is 6.30. The standard InChI is InChI=1S/C15H29ClN4/c1-12(2)14(11-20-9-6-18-10-15(20)16)13(3)19-7-4-17-5-8-19/h13,15,17-18H,4-11H2,1-3H3. The predicted octanol–water partition coefficient (Wildman–Crippen LogP) is 1.09. The van der Waals surface area contributed by atoms with E-state index in [1.165, 1.54) is 5.57 Å². The molecule has 4 nitrogen and oxygen atoms in total. The van der Waals surface area contributed by atoms with Crippen LogP contribution in [0.4, 0.5) is 0 Å². The van der Waals surface area contributed by atoms with E-state index in [0.717, 1.165) is 52.4 Å². The summed E-state index contributed by atoms with van der Waals surface area (Å²) in [6, 6.07) is 0.515. The molecule has 0 bridgehead atoms. The molecular weight excluding hydrogens is 272 g/mol. The Morgan fingerprint density at radius 1 is 1.15 bits per heavy atom. The van der Waals surface area contributed by atoms with Crippen molar-refractivity contribution < 1.29 is 0 Å². The second-order valence-corrected chi connectivity index (χ2v) is 6.60. The molecule has 2 aliphatic heterocycles. The third kappa shape index (κ3) is 4.18. The molecule has 116 valence electrons. The van der Waals surface area contributed by atoms with E-state index in [1.807, 2.05) is 0 Å². The van der Waals surface area contributed by atoms with Gasteiger partial charge in [0.2, 0.25) is 0 Å². The van der Waals surface area contributed by atoms with Gasteiger partial charge in [-0.3, -0.25) is 9.80 Å². The third-order valence-corrected chi connectivity index (χ3v) is 4.93. The first-order valence-corrected chi connectivity index (χ1v) is 8.23. The van der Waals surface area contributed by atoms with Crippen LogP contribution < -0.4 is 10.6 Å². The number of nitrogens with one attached hydrogen (secondary N) is 2. The Hall–Kier alpha value is -0.130. The lowest BCUT2D eigenvalue weighted by molar-refractivity contribution is 0.181. The summed E-state index contributed by atoms with van der Waals surface area (Å²) in [5.41, 5.74) is 3.10. The van der Waals surface area contributed by atoms with Gasteiger partial charge in [0, 0.05) is 58.4 Å². The number of hydrogen-bond acceptors (Lipinski definition) is 4. The van der Waals surface area contributed by atoms with Gasteiger partial charge in [0.25, 0.3) is 0 Å². The maximum Gasteiger partial charge on any atom is 0.0979 e. The molecule has 0 spiro atoms. The Morgan fingerprint density at radius 3 is 2.40 bits per heavy atom. The highest BCUT2D eigenvalue weighted by Gasteiger charge is 2.25. The number of halogens is 1. The maximum atomic E-state index is 6.44. The van der Waals surface area contributed by atoms with Crippen LogP contribution in [0.2, 0.25) is 0 Å². The van der Waals surface area contributed by atoms with E-state index in [0.29, 0.717) is 6.04 Å². The minimum Gasteiger partial charge on any atom is -0.314 e. The van der Waals surface area contributed by atoms with Gasteiger partial charge < -0.3 is 10.6 Å². The van der Waals surface area contributed by atoms with E-state index in [1.54, 1.807) is 5.57 Å². The van der Waals surface area contributed by atoms with Crippen molar-refractivity contribution in [3.05, 3.63) is 11.1 Å². The van der Waals surface area contributed by atoms with Crippen LogP contribution in [0.1, 0.15) is 20.8 Å². The minimum atomic E-state index is 0.119. The number of allylic oxidation sites excluding steroid dienone is 1. The average Bonchev–Trinajstić information content (AvgIpc) is 2.46. The molecule has 2 fully saturated rings. The molecule has 20 heavy (non-hydrogen) atoms. The minimum absolute atomic E-state index is 0.119. The lowest BCUT2D eigenvalue weighted by atomic mass is 10.0. The van der Waals surface area contributed by atoms with Gasteiger partial charge in [-0.15, -0.1) is 11.6 Å². The highest BCUT2D eigenvalue weighted by molar-refractivity contribution is 6.20. The third-order valence-electron chi connectivity index (χ3n) is 4.50. The van der Waals surface area contributed by atoms with Gasteiger partial charge in [-0.25, -0.2) is 0 Å². The number of rotatable bonds is 4. The SMILES string of the molecule is CC(C)=C(CN1CCNCC1Cl)C(C)N1CCNCC1. The molecule has 0 aromatic rings. The monoisotopic (exact) mass is 300 g/mol. The summed E-state index contributed by atoms with van der Waals surface area (Å²) < 4.78 is 0. The van der Waals surface area contributed by atoms with Gasteiger partial charge in [-0.2, -0.15) is 0 Å². The molecule has 2 rings (SSSR count). The van der Waals surface area contributed by atoms with Crippen molar-refractivity contribution in [3.8, 4) is 0 Å². The molecule has 0 aromatic heterocycles. The molecule has 0 aromatic carbocycles. The molecule has 0 aliphatic carbocycles. The summed E-state index contributed by atoms with van der Waals surface area (Å²) in [5, 5.41) is 6.78. The van der Waals surface area contributed by atoms with Crippen LogP contribution >= 0.6 is 11.6 Å². The zero-order valence-corrected chi connectivity index (χ0v) is 13.8. The van der Waals surface area contributed by atoms with E-state index in [-0.39, 0.29) is 5.50 Å². The molecule has 2 saturated heterocycles. The van der Waals surface area contributed by atoms with Crippen LogP contribution in [0.25, 0.3) is 0 Å². The van der Waals surface area contributed by atoms with Crippen LogP contribution in [-0.4, -0.2) is 73.7 Å². The average molecular weight is 301 g/mol. The van der Waals surface area contributed by atoms with Crippen LogP contribution in [0.3, 0.4) is 0 Å². The molecule has 2 atom stereocenters. The van der Waals surface area contributed by atoms with Crippen molar-refractivity contribution in [1.29, 1.82) is 0 Å². The molecule has 2 heterocycles. The summed E-state index contributed by atoms with van der Waals surface area (Å²) in [6.07, 6.45) is 0. The van der Waals surface area contributed by atoms with E-state index in [9.17, 15) is 0 Å². The number of nitrogens with zero attached hydrogens (tertiary/aromatic N) is 2. The van der Waals surface area contributed by atoms with Crippen molar-refractivity contribution in [1.82, 2.24) is 20.4 Å². The first-order chi connectivity index (χ1) is 9.59. The summed E-state index contributed by atoms with van der Waals surface area (Å²) >= 11 is 6.44. The van der Waals surface area contributed by atoms with Gasteiger partial charge in [-0.05, 0) is 26.3 Å². The van der Waals surface area contributed by atoms with Crippen molar-refractivity contribution in [2.45, 2.75) is 32.3 Å². The highest BCUT2D eigenvalue weighted by Crippen LogP contribution is 2.19. The van der Waals surface area contributed by atoms with Gasteiger partial charge in [0.15, 0.2) is 0 Å². The molecule has 0 amide bonds. The van der Waals surface area contributed by atoms with Crippen LogP contribution in [-0.2, 0) is 0 Å². The number of hydrogen-bond donors (Lipinski definition) is 2. The second kappa shape index (κ2) is 7.76. The fourth-order valence-corrected chi connectivity index (χ4v) is 3.38. The van der Waals surface area contributed by atoms with Crippen LogP contribution in [0, 0.1) is 0 Å². The zero-order valence-electron chi connectivity index (χ0n) is 13.1. The quantitative estimate of drug-likeness (QED) is 0.462. The first-order valence-electron chi connectivity index (χ1n) is 7.79. The lowest BCUT2D eigenvalue weighted by Crippen LogP contribution is -2.52. The fourth-order valence-electron chi connectivity index (χ4n) is 3.11. The summed E-state index contributed by atoms with van der Waals surface area (Å²) in [5.74, 6) is 0. The first kappa shape index (κ1) is 16.2. The normalized spacial score (nSPS) is 27.3. The molecule has 2 unspecified atom stereocenters. The van der Waals surface area contributed by atoms with E-state index >= 15 is 0 Å². The van der Waals surface area contributed by atoms with Gasteiger partial charge >= 0.3 is 0 Å². The Morgan fingerprint density at radius 2 is 1.80 bits per heavy atom. The van der Waals surface area contributed by atoms with Gasteiger partial charge in [0.1, 0.15) is 0 Å². The zero-order chi connectivity index (χ0) is 14.5. The van der Waals surface area contributed by atoms with E-state index in [4.69, 9.17) is 11.6 Å². The molecular formula is C15H29ClN4. The topological polar surface area (TPSA) is 30.5 Å². The van der Waals surface area contributed by atoms with Crippen molar-refractivity contribution in [2.24, 2.45) is 0 Å². The smallest absolute Gasteiger partial charge is 0.0979 e. The number of piperazine rings is 2. The Balaban J connectivity index is 2.01. The second-order valence-electron chi connectivity index (χ2n) is 6.10. The van der Waals surface area contributed by atoms with E-state index < -0.39 is 0 Å². The van der Waals surface area contributed by atoms with Crippen LogP contribution in [0.15, 0.2) is 11.1 Å². The maximum absolute atomic E-state index is 6.44. The van der Waals surface area contributed by atoms with Crippen LogP contribution in [0.5, 0.6) is 0 Å². The summed E-state index contributed by atoms with van der Waals surface area (Å²) in [6.45, 7) is 15.3. The molecule has 5 heteroatoms. The van der Waals surface area contributed by atoms with Crippen molar-refractivity contribution in [3.63, 3.8) is 0 Å². The fraction of sp³-hybridized carbons (Fsp3) is 0.867. The molecule has 2 N–H and O–H groups in total. The summed E-state index contributed by atoms with van der Waals surface area (Å²) in [4.78, 5) is 4.99. The predicted molar refractivity (Wildman–Crippen MR) is 86.4 cm³/mol. The Bertz CT molecular complexity index is 335. The number of alkyl halides is 1. The molecule has 0 radical (unpaired) electrons. The largest absolute Gasteiger partial charge is 0.314 e. The van der Waals surface area contributed by atoms with Crippen molar-refractivity contribution in [2.75, 3.05) is 52.4 Å².